The third kappa shape index (κ3) is 4.03. The molecule has 2 heterocycles. The van der Waals surface area contributed by atoms with E-state index in [1.165, 1.54) is 11.3 Å². The molecule has 134 valence electrons. The van der Waals surface area contributed by atoms with Crippen molar-refractivity contribution in [2.75, 3.05) is 13.7 Å². The number of thiazole rings is 1. The van der Waals surface area contributed by atoms with Crippen LogP contribution in [0.1, 0.15) is 18.4 Å². The number of nitrogens with zero attached hydrogens (tertiary/aromatic N) is 3. The standard InChI is InChI=1S/C20H21N3O2S/c1-14(2)11-21-20-23(22-12-16-10-9-15(3)25-16)18(13-26-20)17-7-5-6-8-19(17)24-4/h5-10,12-13H,1,11H2,2-4H3. The van der Waals surface area contributed by atoms with Crippen LogP contribution in [0, 0.1) is 6.92 Å². The van der Waals surface area contributed by atoms with Gasteiger partial charge in [0.1, 0.15) is 17.3 Å². The molecule has 0 N–H and O–H groups in total. The summed E-state index contributed by atoms with van der Waals surface area (Å²) in [6, 6.07) is 11.7. The molecule has 1 aromatic carbocycles. The van der Waals surface area contributed by atoms with Crippen LogP contribution in [0.3, 0.4) is 0 Å². The lowest BCUT2D eigenvalue weighted by atomic mass is 10.1. The Balaban J connectivity index is 2.11. The Hall–Kier alpha value is -2.86. The molecule has 0 fully saturated rings. The Morgan fingerprint density at radius 1 is 1.31 bits per heavy atom. The van der Waals surface area contributed by atoms with Crippen LogP contribution in [0.15, 0.2) is 68.4 Å². The number of benzene rings is 1. The van der Waals surface area contributed by atoms with E-state index in [0.29, 0.717) is 12.3 Å². The largest absolute Gasteiger partial charge is 0.496 e. The zero-order valence-electron chi connectivity index (χ0n) is 15.1. The van der Waals surface area contributed by atoms with Gasteiger partial charge in [0.05, 0.1) is 25.6 Å². The maximum atomic E-state index is 5.58. The van der Waals surface area contributed by atoms with Crippen molar-refractivity contribution in [1.82, 2.24) is 4.68 Å². The fourth-order valence-corrected chi connectivity index (χ4v) is 3.23. The molecule has 3 aromatic rings. The molecule has 3 rings (SSSR count). The molecule has 0 saturated heterocycles. The summed E-state index contributed by atoms with van der Waals surface area (Å²) in [6.45, 7) is 8.34. The van der Waals surface area contributed by atoms with E-state index >= 15 is 0 Å². The highest BCUT2D eigenvalue weighted by atomic mass is 32.1. The molecule has 0 amide bonds. The molecule has 0 aliphatic carbocycles. The SMILES string of the molecule is C=C(C)CN=c1scc(-c2ccccc2OC)n1N=Cc1ccc(C)o1. The van der Waals surface area contributed by atoms with Gasteiger partial charge in [-0.05, 0) is 38.1 Å². The summed E-state index contributed by atoms with van der Waals surface area (Å²) in [5.74, 6) is 2.33. The average Bonchev–Trinajstić information content (AvgIpc) is 3.23. The Bertz CT molecular complexity index is 1010. The number of hydrogen-bond acceptors (Lipinski definition) is 5. The third-order valence-corrected chi connectivity index (χ3v) is 4.47. The molecular weight excluding hydrogens is 346 g/mol. The maximum absolute atomic E-state index is 5.58. The lowest BCUT2D eigenvalue weighted by Crippen LogP contribution is -2.13. The summed E-state index contributed by atoms with van der Waals surface area (Å²) < 4.78 is 12.9. The van der Waals surface area contributed by atoms with Crippen molar-refractivity contribution in [1.29, 1.82) is 0 Å². The number of methoxy groups -OCH3 is 1. The highest BCUT2D eigenvalue weighted by Crippen LogP contribution is 2.29. The number of rotatable bonds is 6. The third-order valence-electron chi connectivity index (χ3n) is 3.61. The second kappa shape index (κ2) is 8.01. The summed E-state index contributed by atoms with van der Waals surface area (Å²) >= 11 is 1.53. The van der Waals surface area contributed by atoms with Gasteiger partial charge >= 0.3 is 0 Å². The van der Waals surface area contributed by atoms with Crippen molar-refractivity contribution in [3.8, 4) is 17.0 Å². The molecule has 0 saturated carbocycles. The molecule has 0 spiro atoms. The lowest BCUT2D eigenvalue weighted by molar-refractivity contribution is 0.416. The zero-order chi connectivity index (χ0) is 18.5. The summed E-state index contributed by atoms with van der Waals surface area (Å²) in [7, 11) is 1.66. The number of para-hydroxylation sites is 1. The molecule has 0 aliphatic rings. The van der Waals surface area contributed by atoms with E-state index < -0.39 is 0 Å². The first-order valence-electron chi connectivity index (χ1n) is 8.18. The van der Waals surface area contributed by atoms with Gasteiger partial charge in [-0.2, -0.15) is 5.10 Å². The fraction of sp³-hybridized carbons (Fsp3) is 0.200. The number of aromatic nitrogens is 1. The molecule has 2 aromatic heterocycles. The molecule has 0 bridgehead atoms. The number of furan rings is 1. The Labute approximate surface area is 156 Å². The molecule has 0 atom stereocenters. The predicted octanol–water partition coefficient (Wildman–Crippen LogP) is 4.49. The molecule has 5 nitrogen and oxygen atoms in total. The van der Waals surface area contributed by atoms with Crippen LogP contribution in [-0.2, 0) is 0 Å². The van der Waals surface area contributed by atoms with Crippen molar-refractivity contribution in [2.45, 2.75) is 13.8 Å². The first-order valence-corrected chi connectivity index (χ1v) is 9.06. The van der Waals surface area contributed by atoms with Gasteiger partial charge in [-0.1, -0.05) is 24.3 Å². The zero-order valence-corrected chi connectivity index (χ0v) is 15.9. The minimum atomic E-state index is 0.557. The van der Waals surface area contributed by atoms with Crippen LogP contribution in [0.4, 0.5) is 0 Å². The van der Waals surface area contributed by atoms with E-state index in [4.69, 9.17) is 9.15 Å². The first-order chi connectivity index (χ1) is 12.6. The number of hydrogen-bond donors (Lipinski definition) is 0. The van der Waals surface area contributed by atoms with Gasteiger partial charge in [-0.15, -0.1) is 11.3 Å². The average molecular weight is 367 g/mol. The normalized spacial score (nSPS) is 12.0. The van der Waals surface area contributed by atoms with Crippen LogP contribution in [0.25, 0.3) is 11.3 Å². The van der Waals surface area contributed by atoms with Crippen LogP contribution in [-0.4, -0.2) is 24.5 Å². The second-order valence-electron chi connectivity index (χ2n) is 5.88. The van der Waals surface area contributed by atoms with Gasteiger partial charge in [0.25, 0.3) is 0 Å². The quantitative estimate of drug-likeness (QED) is 0.476. The molecular formula is C20H21N3O2S. The Morgan fingerprint density at radius 3 is 2.81 bits per heavy atom. The summed E-state index contributed by atoms with van der Waals surface area (Å²) in [6.07, 6.45) is 1.69. The van der Waals surface area contributed by atoms with Crippen molar-refractivity contribution >= 4 is 17.6 Å². The maximum Gasteiger partial charge on any atom is 0.206 e. The minimum Gasteiger partial charge on any atom is -0.496 e. The first kappa shape index (κ1) is 17.9. The second-order valence-corrected chi connectivity index (χ2v) is 6.72. The molecule has 0 unspecified atom stereocenters. The van der Waals surface area contributed by atoms with Gasteiger partial charge in [-0.25, -0.2) is 4.68 Å². The molecule has 0 aliphatic heterocycles. The van der Waals surface area contributed by atoms with E-state index in [1.54, 1.807) is 13.3 Å². The molecule has 0 radical (unpaired) electrons. The van der Waals surface area contributed by atoms with Crippen molar-refractivity contribution in [2.24, 2.45) is 10.1 Å². The van der Waals surface area contributed by atoms with Crippen molar-refractivity contribution in [3.05, 3.63) is 70.3 Å². The Kier molecular flexibility index (Phi) is 5.53. The summed E-state index contributed by atoms with van der Waals surface area (Å²) in [5, 5.41) is 6.64. The predicted molar refractivity (Wildman–Crippen MR) is 106 cm³/mol. The van der Waals surface area contributed by atoms with Crippen LogP contribution < -0.4 is 9.54 Å². The summed E-state index contributed by atoms with van der Waals surface area (Å²) in [5.41, 5.74) is 2.86. The van der Waals surface area contributed by atoms with E-state index in [1.807, 2.05) is 60.3 Å². The van der Waals surface area contributed by atoms with Crippen LogP contribution in [0.2, 0.25) is 0 Å². The van der Waals surface area contributed by atoms with Crippen LogP contribution >= 0.6 is 11.3 Å². The fourth-order valence-electron chi connectivity index (χ4n) is 2.40. The van der Waals surface area contributed by atoms with Gasteiger partial charge in [0.2, 0.25) is 4.80 Å². The highest BCUT2D eigenvalue weighted by Gasteiger charge is 2.12. The van der Waals surface area contributed by atoms with E-state index in [2.05, 4.69) is 16.7 Å². The highest BCUT2D eigenvalue weighted by molar-refractivity contribution is 7.07. The molecule has 6 heteroatoms. The van der Waals surface area contributed by atoms with Crippen LogP contribution in [0.5, 0.6) is 5.75 Å². The van der Waals surface area contributed by atoms with Gasteiger partial charge in [0, 0.05) is 10.9 Å². The lowest BCUT2D eigenvalue weighted by Gasteiger charge is -2.08. The van der Waals surface area contributed by atoms with E-state index in [9.17, 15) is 0 Å². The van der Waals surface area contributed by atoms with Gasteiger partial charge < -0.3 is 9.15 Å². The number of aryl methyl sites for hydroxylation is 1. The van der Waals surface area contributed by atoms with Crippen molar-refractivity contribution < 1.29 is 9.15 Å². The monoisotopic (exact) mass is 367 g/mol. The minimum absolute atomic E-state index is 0.557. The summed E-state index contributed by atoms with van der Waals surface area (Å²) in [4.78, 5) is 5.41. The Morgan fingerprint density at radius 2 is 2.12 bits per heavy atom. The van der Waals surface area contributed by atoms with E-state index in [0.717, 1.165) is 33.1 Å². The number of ether oxygens (including phenoxy) is 1. The van der Waals surface area contributed by atoms with Crippen molar-refractivity contribution in [3.63, 3.8) is 0 Å². The van der Waals surface area contributed by atoms with E-state index in [-0.39, 0.29) is 0 Å². The topological polar surface area (TPSA) is 52.0 Å². The van der Waals surface area contributed by atoms with Gasteiger partial charge in [0.15, 0.2) is 0 Å². The molecule has 26 heavy (non-hydrogen) atoms. The van der Waals surface area contributed by atoms with Gasteiger partial charge in [-0.3, -0.25) is 4.99 Å². The smallest absolute Gasteiger partial charge is 0.206 e.